The second-order valence-electron chi connectivity index (χ2n) is 4.02. The summed E-state index contributed by atoms with van der Waals surface area (Å²) in [5.41, 5.74) is 5.31. The van der Waals surface area contributed by atoms with Crippen LogP contribution in [-0.4, -0.2) is 33.9 Å². The monoisotopic (exact) mass is 269 g/mol. The molecule has 0 fully saturated rings. The van der Waals surface area contributed by atoms with E-state index in [1.807, 2.05) is 0 Å². The molecule has 0 aliphatic rings. The maximum Gasteiger partial charge on any atom is 0.326 e. The lowest BCUT2D eigenvalue weighted by Gasteiger charge is -2.12. The van der Waals surface area contributed by atoms with Gasteiger partial charge in [0.25, 0.3) is 5.91 Å². The van der Waals surface area contributed by atoms with Gasteiger partial charge in [0.05, 0.1) is 5.69 Å². The molecule has 0 spiro atoms. The lowest BCUT2D eigenvalue weighted by molar-refractivity contribution is -0.139. The van der Waals surface area contributed by atoms with Gasteiger partial charge in [0.15, 0.2) is 5.89 Å². The predicted octanol–water partition coefficient (Wildman–Crippen LogP) is -0.260. The maximum atomic E-state index is 11.8. The molecule has 0 unspecified atom stereocenters. The molecule has 0 aromatic carbocycles. The first kappa shape index (κ1) is 14.7. The van der Waals surface area contributed by atoms with Crippen LogP contribution in [0.4, 0.5) is 0 Å². The van der Waals surface area contributed by atoms with Gasteiger partial charge in [-0.15, -0.1) is 0 Å². The van der Waals surface area contributed by atoms with Crippen molar-refractivity contribution >= 4 is 17.8 Å². The molecule has 0 bridgehead atoms. The van der Waals surface area contributed by atoms with E-state index in [1.54, 1.807) is 13.8 Å². The van der Waals surface area contributed by atoms with Crippen LogP contribution in [0.25, 0.3) is 0 Å². The normalized spacial score (nSPS) is 11.9. The Morgan fingerprint density at radius 2 is 2.05 bits per heavy atom. The van der Waals surface area contributed by atoms with Crippen molar-refractivity contribution in [1.29, 1.82) is 0 Å². The molecule has 0 saturated heterocycles. The molecule has 104 valence electrons. The Balaban J connectivity index is 2.74. The fourth-order valence-corrected chi connectivity index (χ4v) is 1.51. The van der Waals surface area contributed by atoms with Crippen molar-refractivity contribution in [1.82, 2.24) is 10.3 Å². The molecule has 1 atom stereocenters. The van der Waals surface area contributed by atoms with Crippen molar-refractivity contribution in [3.05, 3.63) is 17.3 Å². The van der Waals surface area contributed by atoms with E-state index in [4.69, 9.17) is 15.3 Å². The number of aromatic nitrogens is 1. The van der Waals surface area contributed by atoms with Gasteiger partial charge in [0, 0.05) is 13.3 Å². The maximum absolute atomic E-state index is 11.8. The fourth-order valence-electron chi connectivity index (χ4n) is 1.51. The number of nitrogens with two attached hydrogens (primary N) is 1. The third-order valence-electron chi connectivity index (χ3n) is 2.39. The van der Waals surface area contributed by atoms with Gasteiger partial charge in [-0.1, -0.05) is 0 Å². The number of nitrogens with one attached hydrogen (secondary N) is 1. The number of carboxylic acids is 1. The first-order valence-corrected chi connectivity index (χ1v) is 5.57. The van der Waals surface area contributed by atoms with Gasteiger partial charge in [-0.2, -0.15) is 0 Å². The van der Waals surface area contributed by atoms with Crippen LogP contribution in [0.1, 0.15) is 35.0 Å². The van der Waals surface area contributed by atoms with E-state index in [1.165, 1.54) is 0 Å². The smallest absolute Gasteiger partial charge is 0.326 e. The molecule has 19 heavy (non-hydrogen) atoms. The highest BCUT2D eigenvalue weighted by molar-refractivity contribution is 5.95. The van der Waals surface area contributed by atoms with Gasteiger partial charge in [-0.3, -0.25) is 9.59 Å². The summed E-state index contributed by atoms with van der Waals surface area (Å²) in [6, 6.07) is -1.20. The third kappa shape index (κ3) is 4.09. The van der Waals surface area contributed by atoms with Crippen LogP contribution in [0.5, 0.6) is 0 Å². The number of hydrogen-bond acceptors (Lipinski definition) is 5. The predicted molar refractivity (Wildman–Crippen MR) is 63.3 cm³/mol. The zero-order valence-electron chi connectivity index (χ0n) is 10.6. The minimum absolute atomic E-state index is 0.0391. The van der Waals surface area contributed by atoms with Gasteiger partial charge >= 0.3 is 5.97 Å². The second-order valence-corrected chi connectivity index (χ2v) is 4.02. The van der Waals surface area contributed by atoms with E-state index in [0.29, 0.717) is 11.6 Å². The zero-order valence-corrected chi connectivity index (χ0v) is 10.6. The summed E-state index contributed by atoms with van der Waals surface area (Å²) in [4.78, 5) is 37.3. The SMILES string of the molecule is Cc1nc(C)c(C(=O)N[C@H](CCC(N)=O)C(=O)O)o1. The van der Waals surface area contributed by atoms with Crippen LogP contribution in [0.2, 0.25) is 0 Å². The number of hydrogen-bond donors (Lipinski definition) is 3. The largest absolute Gasteiger partial charge is 0.480 e. The van der Waals surface area contributed by atoms with Crippen LogP contribution < -0.4 is 11.1 Å². The lowest BCUT2D eigenvalue weighted by atomic mass is 10.1. The molecule has 0 radical (unpaired) electrons. The van der Waals surface area contributed by atoms with Crippen LogP contribution in [0, 0.1) is 13.8 Å². The van der Waals surface area contributed by atoms with E-state index >= 15 is 0 Å². The standard InChI is InChI=1S/C11H15N3O5/c1-5-9(19-6(2)13-5)10(16)14-7(11(17)18)3-4-8(12)15/h7H,3-4H2,1-2H3,(H2,12,15)(H,14,16)(H,17,18)/t7-/m1/s1. The number of carbonyl (C=O) groups is 3. The van der Waals surface area contributed by atoms with Crippen molar-refractivity contribution in [2.24, 2.45) is 5.73 Å². The number of oxazole rings is 1. The van der Waals surface area contributed by atoms with Crippen LogP contribution >= 0.6 is 0 Å². The summed E-state index contributed by atoms with van der Waals surface area (Å²) in [7, 11) is 0. The molecule has 0 aliphatic carbocycles. The van der Waals surface area contributed by atoms with E-state index in [2.05, 4.69) is 10.3 Å². The quantitative estimate of drug-likeness (QED) is 0.651. The average Bonchev–Trinajstić information content (AvgIpc) is 2.62. The number of primary amides is 1. The number of carbonyl (C=O) groups excluding carboxylic acids is 2. The Labute approximate surface area is 109 Å². The van der Waals surface area contributed by atoms with Gasteiger partial charge in [-0.05, 0) is 13.3 Å². The minimum Gasteiger partial charge on any atom is -0.480 e. The number of aryl methyl sites for hydroxylation is 2. The molecule has 1 aromatic heterocycles. The molecule has 4 N–H and O–H groups in total. The van der Waals surface area contributed by atoms with E-state index in [9.17, 15) is 14.4 Å². The highest BCUT2D eigenvalue weighted by atomic mass is 16.4. The first-order chi connectivity index (χ1) is 8.81. The van der Waals surface area contributed by atoms with Crippen LogP contribution in [-0.2, 0) is 9.59 Å². The Hall–Kier alpha value is -2.38. The van der Waals surface area contributed by atoms with E-state index in [-0.39, 0.29) is 18.6 Å². The topological polar surface area (TPSA) is 136 Å². The zero-order chi connectivity index (χ0) is 14.6. The average molecular weight is 269 g/mol. The molecule has 1 aromatic rings. The van der Waals surface area contributed by atoms with E-state index < -0.39 is 23.8 Å². The molecule has 1 rings (SSSR count). The fraction of sp³-hybridized carbons (Fsp3) is 0.455. The highest BCUT2D eigenvalue weighted by Crippen LogP contribution is 2.10. The van der Waals surface area contributed by atoms with E-state index in [0.717, 1.165) is 0 Å². The van der Waals surface area contributed by atoms with Crippen molar-refractivity contribution in [3.8, 4) is 0 Å². The van der Waals surface area contributed by atoms with Crippen LogP contribution in [0.15, 0.2) is 4.42 Å². The molecule has 0 saturated carbocycles. The number of nitrogens with zero attached hydrogens (tertiary/aromatic N) is 1. The van der Waals surface area contributed by atoms with Crippen molar-refractivity contribution < 1.29 is 23.9 Å². The van der Waals surface area contributed by atoms with Crippen LogP contribution in [0.3, 0.4) is 0 Å². The molecule has 1 heterocycles. The second kappa shape index (κ2) is 5.98. The molecular formula is C11H15N3O5. The van der Waals surface area contributed by atoms with Crippen molar-refractivity contribution in [3.63, 3.8) is 0 Å². The summed E-state index contributed by atoms with van der Waals surface area (Å²) in [6.07, 6.45) is -0.214. The number of amides is 2. The molecule has 8 heteroatoms. The number of aliphatic carboxylic acids is 1. The van der Waals surface area contributed by atoms with Gasteiger partial charge in [0.1, 0.15) is 6.04 Å². The van der Waals surface area contributed by atoms with Gasteiger partial charge in [0.2, 0.25) is 11.7 Å². The Bertz CT molecular complexity index is 508. The minimum atomic E-state index is -1.25. The Kier molecular flexibility index (Phi) is 4.62. The summed E-state index contributed by atoms with van der Waals surface area (Å²) in [5, 5.41) is 11.2. The Morgan fingerprint density at radius 1 is 1.42 bits per heavy atom. The summed E-state index contributed by atoms with van der Waals surface area (Å²) in [6.45, 7) is 3.15. The number of carboxylic acid groups (broad SMARTS) is 1. The molecule has 0 aliphatic heterocycles. The van der Waals surface area contributed by atoms with Gasteiger partial charge < -0.3 is 20.6 Å². The summed E-state index contributed by atoms with van der Waals surface area (Å²) >= 11 is 0. The van der Waals surface area contributed by atoms with Gasteiger partial charge in [-0.25, -0.2) is 9.78 Å². The number of rotatable bonds is 6. The third-order valence-corrected chi connectivity index (χ3v) is 2.39. The lowest BCUT2D eigenvalue weighted by Crippen LogP contribution is -2.41. The summed E-state index contributed by atoms with van der Waals surface area (Å²) in [5.74, 6) is -2.29. The van der Waals surface area contributed by atoms with Crippen molar-refractivity contribution in [2.75, 3.05) is 0 Å². The first-order valence-electron chi connectivity index (χ1n) is 5.57. The summed E-state index contributed by atoms with van der Waals surface area (Å²) < 4.78 is 5.07. The molecule has 2 amide bonds. The molecular weight excluding hydrogens is 254 g/mol. The Morgan fingerprint density at radius 3 is 2.47 bits per heavy atom. The molecule has 8 nitrogen and oxygen atoms in total. The van der Waals surface area contributed by atoms with Crippen molar-refractivity contribution in [2.45, 2.75) is 32.7 Å². The highest BCUT2D eigenvalue weighted by Gasteiger charge is 2.24.